The second-order valence-corrected chi connectivity index (χ2v) is 10.2. The number of pyridine rings is 1. The van der Waals surface area contributed by atoms with Crippen molar-refractivity contribution in [3.63, 3.8) is 0 Å². The molecule has 0 bridgehead atoms. The Kier molecular flexibility index (Phi) is 8.77. The molecule has 1 amide bonds. The molecule has 11 nitrogen and oxygen atoms in total. The molecule has 1 aliphatic heterocycles. The summed E-state index contributed by atoms with van der Waals surface area (Å²) in [5.74, 6) is -0.440. The molecular formula is C31H33N7O4. The van der Waals surface area contributed by atoms with E-state index in [1.807, 2.05) is 61.5 Å². The molecule has 42 heavy (non-hydrogen) atoms. The summed E-state index contributed by atoms with van der Waals surface area (Å²) in [6.45, 7) is 2.72. The summed E-state index contributed by atoms with van der Waals surface area (Å²) < 4.78 is 6.43. The smallest absolute Gasteiger partial charge is 0.347 e. The molecule has 0 saturated carbocycles. The predicted octanol–water partition coefficient (Wildman–Crippen LogP) is 3.67. The Morgan fingerprint density at radius 2 is 1.74 bits per heavy atom. The van der Waals surface area contributed by atoms with Crippen molar-refractivity contribution < 1.29 is 19.1 Å². The molecule has 1 atom stereocenters. The van der Waals surface area contributed by atoms with Gasteiger partial charge in [0.2, 0.25) is 11.8 Å². The Labute approximate surface area is 243 Å². The van der Waals surface area contributed by atoms with Crippen LogP contribution < -0.4 is 5.32 Å². The van der Waals surface area contributed by atoms with Crippen molar-refractivity contribution in [2.24, 2.45) is 0 Å². The van der Waals surface area contributed by atoms with E-state index in [0.29, 0.717) is 50.3 Å². The average Bonchev–Trinajstić information content (AvgIpc) is 3.69. The molecule has 2 aromatic heterocycles. The van der Waals surface area contributed by atoms with E-state index in [1.165, 1.54) is 11.8 Å². The molecule has 1 aliphatic rings. The van der Waals surface area contributed by atoms with Crippen molar-refractivity contribution >= 4 is 17.8 Å². The van der Waals surface area contributed by atoms with E-state index >= 15 is 0 Å². The van der Waals surface area contributed by atoms with Gasteiger partial charge in [0.25, 0.3) is 0 Å². The van der Waals surface area contributed by atoms with Crippen LogP contribution in [0.4, 0.5) is 0 Å². The van der Waals surface area contributed by atoms with Gasteiger partial charge in [0.15, 0.2) is 11.5 Å². The Hall–Kier alpha value is -4.77. The number of amides is 1. The number of methoxy groups -OCH3 is 1. The van der Waals surface area contributed by atoms with Crippen LogP contribution in [-0.2, 0) is 27.3 Å². The lowest BCUT2D eigenvalue weighted by Crippen LogP contribution is -2.62. The third kappa shape index (κ3) is 5.82. The highest BCUT2D eigenvalue weighted by Gasteiger charge is 2.50. The van der Waals surface area contributed by atoms with Crippen molar-refractivity contribution in [3.05, 3.63) is 84.2 Å². The quantitative estimate of drug-likeness (QED) is 0.225. The van der Waals surface area contributed by atoms with Crippen LogP contribution in [0, 0.1) is 0 Å². The van der Waals surface area contributed by atoms with Crippen LogP contribution in [0.5, 0.6) is 0 Å². The van der Waals surface area contributed by atoms with Crippen LogP contribution in [0.1, 0.15) is 48.7 Å². The Morgan fingerprint density at radius 1 is 0.976 bits per heavy atom. The number of tetrazole rings is 1. The number of carbonyl (C=O) groups excluding carboxylic acids is 3. The molecular weight excluding hydrogens is 534 g/mol. The maximum absolute atomic E-state index is 13.3. The van der Waals surface area contributed by atoms with E-state index in [4.69, 9.17) is 4.74 Å². The first kappa shape index (κ1) is 28.7. The molecule has 5 rings (SSSR count). The molecule has 2 aromatic carbocycles. The summed E-state index contributed by atoms with van der Waals surface area (Å²) in [7, 11) is 1.34. The second-order valence-electron chi connectivity index (χ2n) is 10.2. The highest BCUT2D eigenvalue weighted by molar-refractivity contribution is 5.89. The third-order valence-electron chi connectivity index (χ3n) is 7.45. The first-order chi connectivity index (χ1) is 20.5. The molecule has 1 unspecified atom stereocenters. The van der Waals surface area contributed by atoms with Crippen LogP contribution in [-0.4, -0.2) is 67.2 Å². The van der Waals surface area contributed by atoms with Gasteiger partial charge in [-0.1, -0.05) is 61.5 Å². The number of carbonyl (C=O) groups is 3. The van der Waals surface area contributed by atoms with Crippen LogP contribution in [0.3, 0.4) is 0 Å². The van der Waals surface area contributed by atoms with Crippen molar-refractivity contribution in [1.82, 2.24) is 35.4 Å². The number of hydrogen-bond donors (Lipinski definition) is 1. The van der Waals surface area contributed by atoms with Crippen molar-refractivity contribution in [3.8, 4) is 22.5 Å². The summed E-state index contributed by atoms with van der Waals surface area (Å²) in [5, 5.41) is 15.2. The second kappa shape index (κ2) is 12.8. The molecule has 216 valence electrons. The summed E-state index contributed by atoms with van der Waals surface area (Å²) >= 11 is 0. The molecule has 1 saturated heterocycles. The van der Waals surface area contributed by atoms with Gasteiger partial charge >= 0.3 is 5.97 Å². The summed E-state index contributed by atoms with van der Waals surface area (Å²) in [5.41, 5.74) is 2.86. The van der Waals surface area contributed by atoms with Crippen molar-refractivity contribution in [1.29, 1.82) is 0 Å². The van der Waals surface area contributed by atoms with Gasteiger partial charge in [-0.05, 0) is 58.5 Å². The van der Waals surface area contributed by atoms with Crippen molar-refractivity contribution in [2.45, 2.75) is 51.2 Å². The minimum Gasteiger partial charge on any atom is -0.466 e. The van der Waals surface area contributed by atoms with Gasteiger partial charge in [0, 0.05) is 37.0 Å². The molecule has 1 N–H and O–H groups in total. The largest absolute Gasteiger partial charge is 0.466 e. The van der Waals surface area contributed by atoms with Gasteiger partial charge in [-0.25, -0.2) is 4.79 Å². The van der Waals surface area contributed by atoms with Gasteiger partial charge in [-0.15, -0.1) is 5.10 Å². The molecule has 0 radical (unpaired) electrons. The first-order valence-electron chi connectivity index (χ1n) is 14.0. The number of likely N-dealkylation sites (tertiary alicyclic amines) is 1. The molecule has 4 aromatic rings. The lowest BCUT2D eigenvalue weighted by atomic mass is 9.98. The number of hydrogen-bond acceptors (Lipinski definition) is 9. The van der Waals surface area contributed by atoms with Crippen molar-refractivity contribution in [2.75, 3.05) is 13.7 Å². The highest BCUT2D eigenvalue weighted by atomic mass is 16.5. The number of nitrogens with one attached hydrogen (secondary N) is 1. The molecule has 11 heteroatoms. The maximum Gasteiger partial charge on any atom is 0.347 e. The van der Waals surface area contributed by atoms with Crippen LogP contribution in [0.2, 0.25) is 0 Å². The summed E-state index contributed by atoms with van der Waals surface area (Å²) in [4.78, 5) is 44.8. The van der Waals surface area contributed by atoms with Gasteiger partial charge in [-0.2, -0.15) is 4.68 Å². The number of rotatable bonds is 10. The molecule has 3 heterocycles. The van der Waals surface area contributed by atoms with E-state index in [-0.39, 0.29) is 18.2 Å². The van der Waals surface area contributed by atoms with E-state index in [9.17, 15) is 14.4 Å². The number of ether oxygens (including phenoxy) is 1. The number of aromatic nitrogens is 5. The zero-order valence-corrected chi connectivity index (χ0v) is 23.7. The zero-order chi connectivity index (χ0) is 29.5. The minimum absolute atomic E-state index is 0.0999. The number of nitrogens with zero attached hydrogens (tertiary/aromatic N) is 6. The van der Waals surface area contributed by atoms with E-state index in [1.54, 1.807) is 23.2 Å². The Morgan fingerprint density at radius 3 is 2.45 bits per heavy atom. The Balaban J connectivity index is 1.35. The highest BCUT2D eigenvalue weighted by Crippen LogP contribution is 2.32. The van der Waals surface area contributed by atoms with Crippen LogP contribution in [0.15, 0.2) is 72.9 Å². The summed E-state index contributed by atoms with van der Waals surface area (Å²) in [6.07, 6.45) is 3.91. The van der Waals surface area contributed by atoms with E-state index < -0.39 is 11.6 Å². The van der Waals surface area contributed by atoms with Gasteiger partial charge in [0.1, 0.15) is 0 Å². The van der Waals surface area contributed by atoms with Crippen LogP contribution in [0.25, 0.3) is 22.5 Å². The summed E-state index contributed by atoms with van der Waals surface area (Å²) in [6, 6.07) is 21.0. The van der Waals surface area contributed by atoms with Crippen LogP contribution >= 0.6 is 0 Å². The number of benzene rings is 2. The topological polar surface area (TPSA) is 132 Å². The minimum atomic E-state index is -1.26. The normalized spacial score (nSPS) is 16.4. The fourth-order valence-corrected chi connectivity index (χ4v) is 5.37. The third-order valence-corrected chi connectivity index (χ3v) is 7.45. The standard InChI is InChI=1S/C31H33N7O4/c1-3-9-27(39)38-29(34-35-36-38)26-12-5-4-11-25(26)23-15-13-22(14-16-23)21-33-31(30(41)42-2)17-8-19-37(31)28(40)20-24-10-6-7-18-32-24/h4-7,10-16,18,33H,3,8-9,17,19-21H2,1-2H3. The molecule has 0 aliphatic carbocycles. The van der Waals surface area contributed by atoms with Gasteiger partial charge in [-0.3, -0.25) is 19.9 Å². The monoisotopic (exact) mass is 567 g/mol. The SMILES string of the molecule is CCCC(=O)n1nnnc1-c1ccccc1-c1ccc(CNC2(C(=O)OC)CCCN2C(=O)Cc2ccccn2)cc1. The fraction of sp³-hybridized carbons (Fsp3) is 0.323. The Bertz CT molecular complexity index is 1560. The van der Waals surface area contributed by atoms with E-state index in [2.05, 4.69) is 25.8 Å². The average molecular weight is 568 g/mol. The lowest BCUT2D eigenvalue weighted by Gasteiger charge is -2.36. The van der Waals surface area contributed by atoms with E-state index in [0.717, 1.165) is 22.3 Å². The first-order valence-corrected chi connectivity index (χ1v) is 14.0. The molecule has 1 fully saturated rings. The lowest BCUT2D eigenvalue weighted by molar-refractivity contribution is -0.162. The van der Waals surface area contributed by atoms with Gasteiger partial charge in [0.05, 0.1) is 13.5 Å². The predicted molar refractivity (Wildman–Crippen MR) is 155 cm³/mol. The number of esters is 1. The molecule has 0 spiro atoms. The van der Waals surface area contributed by atoms with Gasteiger partial charge < -0.3 is 9.64 Å². The fourth-order valence-electron chi connectivity index (χ4n) is 5.37. The maximum atomic E-state index is 13.3. The zero-order valence-electron chi connectivity index (χ0n) is 23.7.